The van der Waals surface area contributed by atoms with Crippen LogP contribution in [0.1, 0.15) is 39.2 Å². The molecular formula is C27H30N4O5. The lowest BCUT2D eigenvalue weighted by molar-refractivity contribution is -0.143. The van der Waals surface area contributed by atoms with Gasteiger partial charge in [0.2, 0.25) is 11.5 Å². The van der Waals surface area contributed by atoms with Crippen molar-refractivity contribution in [2.45, 2.75) is 46.3 Å². The first-order valence-corrected chi connectivity index (χ1v) is 12.1. The summed E-state index contributed by atoms with van der Waals surface area (Å²) in [4.78, 5) is 22.0. The Hall–Kier alpha value is -3.90. The second-order valence-electron chi connectivity index (χ2n) is 8.74. The number of hydrogen-bond acceptors (Lipinski definition) is 8. The highest BCUT2D eigenvalue weighted by Gasteiger charge is 2.19. The molecule has 0 bridgehead atoms. The molecule has 2 heterocycles. The Labute approximate surface area is 210 Å². The lowest BCUT2D eigenvalue weighted by atomic mass is 10.1. The van der Waals surface area contributed by atoms with Crippen molar-refractivity contribution in [1.82, 2.24) is 15.0 Å². The summed E-state index contributed by atoms with van der Waals surface area (Å²) in [5.41, 5.74) is 2.89. The Morgan fingerprint density at radius 3 is 2.83 bits per heavy atom. The third kappa shape index (κ3) is 6.20. The molecule has 0 fully saturated rings. The van der Waals surface area contributed by atoms with Gasteiger partial charge in [0.05, 0.1) is 19.3 Å². The highest BCUT2D eigenvalue weighted by atomic mass is 16.5. The second kappa shape index (κ2) is 11.7. The average molecular weight is 491 g/mol. The fraction of sp³-hybridized carbons (Fsp3) is 0.407. The summed E-state index contributed by atoms with van der Waals surface area (Å²) >= 11 is 0. The topological polar surface area (TPSA) is 91.3 Å². The minimum atomic E-state index is -0.162. The van der Waals surface area contributed by atoms with Crippen molar-refractivity contribution in [3.05, 3.63) is 53.4 Å². The molecule has 2 aromatic carbocycles. The molecule has 0 saturated carbocycles. The maximum absolute atomic E-state index is 11.6. The summed E-state index contributed by atoms with van der Waals surface area (Å²) in [6.07, 6.45) is 1.11. The largest absolute Gasteiger partial charge is 0.502 e. The highest BCUT2D eigenvalue weighted by molar-refractivity contribution is 5.70. The molecule has 1 aliphatic rings. The SMILES string of the molecule is [C-]#[N+]c1cc(-c2nc(-c3ccc4c(c3)CN(CCCC(=O)OCC)CCO4)no2)ccc1OC(C)C. The molecule has 0 saturated heterocycles. The number of benzene rings is 2. The van der Waals surface area contributed by atoms with Crippen LogP contribution in [-0.2, 0) is 16.1 Å². The summed E-state index contributed by atoms with van der Waals surface area (Å²) in [5.74, 6) is 1.99. The number of aromatic nitrogens is 2. The summed E-state index contributed by atoms with van der Waals surface area (Å²) in [5, 5.41) is 4.17. The molecule has 188 valence electrons. The number of hydrogen-bond donors (Lipinski definition) is 0. The van der Waals surface area contributed by atoms with E-state index in [1.54, 1.807) is 12.1 Å². The van der Waals surface area contributed by atoms with Crippen molar-refractivity contribution in [3.63, 3.8) is 0 Å². The Kier molecular flexibility index (Phi) is 8.18. The van der Waals surface area contributed by atoms with Gasteiger partial charge in [-0.2, -0.15) is 4.98 Å². The van der Waals surface area contributed by atoms with Gasteiger partial charge in [-0.05, 0) is 70.1 Å². The molecule has 0 radical (unpaired) electrons. The Balaban J connectivity index is 1.49. The fourth-order valence-corrected chi connectivity index (χ4v) is 4.01. The Morgan fingerprint density at radius 2 is 2.06 bits per heavy atom. The van der Waals surface area contributed by atoms with E-state index in [1.807, 2.05) is 45.0 Å². The Bertz CT molecular complexity index is 1250. The van der Waals surface area contributed by atoms with Crippen LogP contribution in [-0.4, -0.2) is 53.4 Å². The zero-order valence-electron chi connectivity index (χ0n) is 20.8. The van der Waals surface area contributed by atoms with Gasteiger partial charge < -0.3 is 18.7 Å². The molecular weight excluding hydrogens is 460 g/mol. The van der Waals surface area contributed by atoms with Crippen molar-refractivity contribution in [1.29, 1.82) is 0 Å². The molecule has 0 atom stereocenters. The summed E-state index contributed by atoms with van der Waals surface area (Å²) < 4.78 is 22.2. The van der Waals surface area contributed by atoms with Crippen molar-refractivity contribution in [3.8, 4) is 34.3 Å². The van der Waals surface area contributed by atoms with Crippen LogP contribution in [0.5, 0.6) is 11.5 Å². The minimum Gasteiger partial charge on any atom is -0.502 e. The van der Waals surface area contributed by atoms with E-state index in [1.165, 1.54) is 0 Å². The first kappa shape index (κ1) is 25.2. The van der Waals surface area contributed by atoms with Crippen LogP contribution in [0, 0.1) is 6.57 Å². The fourth-order valence-electron chi connectivity index (χ4n) is 4.01. The molecule has 0 amide bonds. The van der Waals surface area contributed by atoms with Gasteiger partial charge in [-0.15, -0.1) is 0 Å². The standard InChI is InChI=1S/C27H30N4O5/c1-5-33-25(32)7-6-12-31-13-14-34-23-10-8-19(15-21(23)17-31)26-29-27(36-30-26)20-9-11-24(35-18(2)3)22(16-20)28-4/h8-11,15-16,18H,5-7,12-14,17H2,1-3H3. The number of ether oxygens (including phenoxy) is 3. The van der Waals surface area contributed by atoms with E-state index in [0.717, 1.165) is 36.4 Å². The van der Waals surface area contributed by atoms with E-state index in [4.69, 9.17) is 25.3 Å². The predicted octanol–water partition coefficient (Wildman–Crippen LogP) is 5.28. The second-order valence-corrected chi connectivity index (χ2v) is 8.74. The first-order valence-electron chi connectivity index (χ1n) is 12.1. The molecule has 9 nitrogen and oxygen atoms in total. The van der Waals surface area contributed by atoms with Crippen LogP contribution < -0.4 is 9.47 Å². The molecule has 0 aliphatic carbocycles. The number of carbonyl (C=O) groups excluding carboxylic acids is 1. The van der Waals surface area contributed by atoms with Crippen molar-refractivity contribution in [2.75, 3.05) is 26.3 Å². The molecule has 0 unspecified atom stereocenters. The van der Waals surface area contributed by atoms with Crippen molar-refractivity contribution in [2.24, 2.45) is 0 Å². The zero-order chi connectivity index (χ0) is 25.5. The quantitative estimate of drug-likeness (QED) is 0.296. The maximum Gasteiger partial charge on any atom is 0.305 e. The van der Waals surface area contributed by atoms with Crippen LogP contribution in [0.4, 0.5) is 5.69 Å². The lowest BCUT2D eigenvalue weighted by Crippen LogP contribution is -2.27. The monoisotopic (exact) mass is 490 g/mol. The molecule has 36 heavy (non-hydrogen) atoms. The van der Waals surface area contributed by atoms with E-state index in [9.17, 15) is 4.79 Å². The van der Waals surface area contributed by atoms with Gasteiger partial charge in [0.25, 0.3) is 5.89 Å². The van der Waals surface area contributed by atoms with Crippen LogP contribution in [0.2, 0.25) is 0 Å². The molecule has 0 N–H and O–H groups in total. The first-order chi connectivity index (χ1) is 17.5. The lowest BCUT2D eigenvalue weighted by Gasteiger charge is -2.19. The molecule has 1 aromatic heterocycles. The zero-order valence-corrected chi connectivity index (χ0v) is 20.8. The van der Waals surface area contributed by atoms with Crippen LogP contribution >= 0.6 is 0 Å². The third-order valence-electron chi connectivity index (χ3n) is 5.65. The molecule has 0 spiro atoms. The van der Waals surface area contributed by atoms with E-state index in [2.05, 4.69) is 19.9 Å². The van der Waals surface area contributed by atoms with Gasteiger partial charge in [0, 0.05) is 36.2 Å². The summed E-state index contributed by atoms with van der Waals surface area (Å²) in [6, 6.07) is 11.1. The van der Waals surface area contributed by atoms with Gasteiger partial charge >= 0.3 is 5.97 Å². The smallest absolute Gasteiger partial charge is 0.305 e. The number of rotatable bonds is 9. The number of carbonyl (C=O) groups is 1. The van der Waals surface area contributed by atoms with Gasteiger partial charge in [0.15, 0.2) is 0 Å². The van der Waals surface area contributed by atoms with Gasteiger partial charge in [0.1, 0.15) is 18.1 Å². The van der Waals surface area contributed by atoms with Gasteiger partial charge in [-0.3, -0.25) is 9.69 Å². The summed E-state index contributed by atoms with van der Waals surface area (Å²) in [7, 11) is 0. The predicted molar refractivity (Wildman–Crippen MR) is 134 cm³/mol. The van der Waals surface area contributed by atoms with E-state index in [0.29, 0.717) is 54.9 Å². The van der Waals surface area contributed by atoms with Gasteiger partial charge in [-0.1, -0.05) is 5.16 Å². The molecule has 1 aliphatic heterocycles. The Morgan fingerprint density at radius 1 is 1.22 bits per heavy atom. The molecule has 9 heteroatoms. The molecule has 3 aromatic rings. The van der Waals surface area contributed by atoms with Crippen LogP contribution in [0.3, 0.4) is 0 Å². The minimum absolute atomic E-state index is 0.0305. The molecule has 4 rings (SSSR count). The average Bonchev–Trinajstić information content (AvgIpc) is 3.26. The van der Waals surface area contributed by atoms with Crippen LogP contribution in [0.15, 0.2) is 40.9 Å². The van der Waals surface area contributed by atoms with E-state index >= 15 is 0 Å². The highest BCUT2D eigenvalue weighted by Crippen LogP contribution is 2.34. The normalized spacial score (nSPS) is 13.4. The summed E-state index contributed by atoms with van der Waals surface area (Å²) in [6.45, 7) is 16.4. The van der Waals surface area contributed by atoms with Crippen molar-refractivity contribution < 1.29 is 23.5 Å². The number of nitrogens with zero attached hydrogens (tertiary/aromatic N) is 4. The van der Waals surface area contributed by atoms with Crippen molar-refractivity contribution >= 4 is 11.7 Å². The van der Waals surface area contributed by atoms with Crippen LogP contribution in [0.25, 0.3) is 27.7 Å². The maximum atomic E-state index is 11.6. The number of fused-ring (bicyclic) bond motifs is 1. The van der Waals surface area contributed by atoms with Gasteiger partial charge in [-0.25, -0.2) is 4.85 Å². The van der Waals surface area contributed by atoms with E-state index in [-0.39, 0.29) is 12.1 Å². The van der Waals surface area contributed by atoms with E-state index < -0.39 is 0 Å². The number of esters is 1. The third-order valence-corrected chi connectivity index (χ3v) is 5.65.